The molecule has 1 N–H and O–H groups in total. The second kappa shape index (κ2) is 4.27. The van der Waals surface area contributed by atoms with Crippen LogP contribution in [0, 0.1) is 0 Å². The van der Waals surface area contributed by atoms with Crippen molar-refractivity contribution in [1.82, 2.24) is 9.55 Å². The first-order valence-electron chi connectivity index (χ1n) is 5.89. The Morgan fingerprint density at radius 3 is 2.78 bits per heavy atom. The van der Waals surface area contributed by atoms with E-state index in [2.05, 4.69) is 23.2 Å². The van der Waals surface area contributed by atoms with E-state index < -0.39 is 0 Å². The molecule has 3 rings (SSSR count). The van der Waals surface area contributed by atoms with Crippen LogP contribution in [-0.2, 0) is 13.7 Å². The summed E-state index contributed by atoms with van der Waals surface area (Å²) in [5.74, 6) is 0. The number of aryl methyl sites for hydroxylation is 1. The highest BCUT2D eigenvalue weighted by Crippen LogP contribution is 2.24. The normalized spacial score (nSPS) is 11.0. The van der Waals surface area contributed by atoms with Crippen LogP contribution in [0.1, 0.15) is 5.56 Å². The van der Waals surface area contributed by atoms with Gasteiger partial charge >= 0.3 is 0 Å². The molecule has 3 heteroatoms. The number of hydrogen-bond acceptors (Lipinski definition) is 2. The number of fused-ring (bicyclic) bond motifs is 1. The van der Waals surface area contributed by atoms with Crippen molar-refractivity contribution in [3.05, 3.63) is 54.4 Å². The van der Waals surface area contributed by atoms with Crippen molar-refractivity contribution < 1.29 is 5.11 Å². The van der Waals surface area contributed by atoms with Crippen molar-refractivity contribution in [3.8, 4) is 11.1 Å². The molecule has 3 aromatic rings. The third kappa shape index (κ3) is 1.79. The van der Waals surface area contributed by atoms with Gasteiger partial charge in [-0.2, -0.15) is 0 Å². The molecular weight excluding hydrogens is 224 g/mol. The molecule has 2 aromatic carbocycles. The van der Waals surface area contributed by atoms with Crippen LogP contribution >= 0.6 is 0 Å². The summed E-state index contributed by atoms with van der Waals surface area (Å²) in [5.41, 5.74) is 5.30. The Bertz CT molecular complexity index is 701. The van der Waals surface area contributed by atoms with Crippen LogP contribution in [0.2, 0.25) is 0 Å². The molecule has 0 aliphatic heterocycles. The van der Waals surface area contributed by atoms with E-state index in [0.717, 1.165) is 27.7 Å². The zero-order valence-corrected chi connectivity index (χ0v) is 10.2. The number of rotatable bonds is 2. The van der Waals surface area contributed by atoms with Gasteiger partial charge in [0, 0.05) is 7.05 Å². The molecule has 0 saturated heterocycles. The van der Waals surface area contributed by atoms with Gasteiger partial charge in [-0.05, 0) is 34.9 Å². The highest BCUT2D eigenvalue weighted by molar-refractivity contribution is 5.82. The number of aliphatic hydroxyl groups excluding tert-OH is 1. The first-order valence-corrected chi connectivity index (χ1v) is 5.89. The van der Waals surface area contributed by atoms with Crippen LogP contribution in [0.3, 0.4) is 0 Å². The van der Waals surface area contributed by atoms with Gasteiger partial charge in [-0.15, -0.1) is 0 Å². The molecule has 90 valence electrons. The third-order valence-electron chi connectivity index (χ3n) is 3.17. The molecule has 18 heavy (non-hydrogen) atoms. The molecule has 1 heterocycles. The summed E-state index contributed by atoms with van der Waals surface area (Å²) < 4.78 is 2.01. The number of nitrogens with zero attached hydrogens (tertiary/aromatic N) is 2. The Morgan fingerprint density at radius 1 is 1.11 bits per heavy atom. The SMILES string of the molecule is Cn1cnc2ccc(-c3cccc(CO)c3)cc21. The van der Waals surface area contributed by atoms with Crippen molar-refractivity contribution >= 4 is 11.0 Å². The summed E-state index contributed by atoms with van der Waals surface area (Å²) >= 11 is 0. The molecule has 0 bridgehead atoms. The molecular formula is C15H14N2O. The first kappa shape index (κ1) is 11.0. The van der Waals surface area contributed by atoms with Crippen molar-refractivity contribution in [3.63, 3.8) is 0 Å². The molecule has 0 fully saturated rings. The van der Waals surface area contributed by atoms with Crippen molar-refractivity contribution in [2.24, 2.45) is 7.05 Å². The Kier molecular flexibility index (Phi) is 2.61. The van der Waals surface area contributed by atoms with Crippen LogP contribution < -0.4 is 0 Å². The third-order valence-corrected chi connectivity index (χ3v) is 3.17. The van der Waals surface area contributed by atoms with Gasteiger partial charge in [0.25, 0.3) is 0 Å². The Hall–Kier alpha value is -2.13. The molecule has 0 atom stereocenters. The average Bonchev–Trinajstić information content (AvgIpc) is 2.80. The molecule has 0 aliphatic rings. The molecule has 0 amide bonds. The molecule has 0 unspecified atom stereocenters. The van der Waals surface area contributed by atoms with Gasteiger partial charge in [-0.25, -0.2) is 4.98 Å². The van der Waals surface area contributed by atoms with Crippen LogP contribution in [0.15, 0.2) is 48.8 Å². The minimum Gasteiger partial charge on any atom is -0.392 e. The zero-order chi connectivity index (χ0) is 12.5. The second-order valence-corrected chi connectivity index (χ2v) is 4.42. The average molecular weight is 238 g/mol. The van der Waals surface area contributed by atoms with Crippen LogP contribution in [0.5, 0.6) is 0 Å². The summed E-state index contributed by atoms with van der Waals surface area (Å²) in [4.78, 5) is 4.31. The topological polar surface area (TPSA) is 38.0 Å². The van der Waals surface area contributed by atoms with Gasteiger partial charge in [0.1, 0.15) is 0 Å². The van der Waals surface area contributed by atoms with Gasteiger partial charge in [0.05, 0.1) is 24.0 Å². The van der Waals surface area contributed by atoms with E-state index in [1.165, 1.54) is 0 Å². The van der Waals surface area contributed by atoms with E-state index >= 15 is 0 Å². The van der Waals surface area contributed by atoms with E-state index in [0.29, 0.717) is 0 Å². The lowest BCUT2D eigenvalue weighted by atomic mass is 10.0. The Labute approximate surface area is 105 Å². The van der Waals surface area contributed by atoms with Crippen LogP contribution in [0.4, 0.5) is 0 Å². The van der Waals surface area contributed by atoms with Gasteiger partial charge in [-0.3, -0.25) is 0 Å². The molecule has 0 aliphatic carbocycles. The van der Waals surface area contributed by atoms with E-state index in [-0.39, 0.29) is 6.61 Å². The molecule has 0 radical (unpaired) electrons. The maximum absolute atomic E-state index is 9.18. The highest BCUT2D eigenvalue weighted by Gasteiger charge is 2.03. The van der Waals surface area contributed by atoms with E-state index in [1.807, 2.05) is 42.2 Å². The quantitative estimate of drug-likeness (QED) is 0.745. The minimum absolute atomic E-state index is 0.0712. The number of imidazole rings is 1. The predicted molar refractivity (Wildman–Crippen MR) is 72.1 cm³/mol. The van der Waals surface area contributed by atoms with E-state index in [1.54, 1.807) is 0 Å². The summed E-state index contributed by atoms with van der Waals surface area (Å²) in [6, 6.07) is 14.2. The van der Waals surface area contributed by atoms with Crippen LogP contribution in [0.25, 0.3) is 22.2 Å². The number of benzene rings is 2. The fourth-order valence-electron chi connectivity index (χ4n) is 2.15. The standard InChI is InChI=1S/C15H14N2O/c1-17-10-16-14-6-5-13(8-15(14)17)12-4-2-3-11(7-12)9-18/h2-8,10,18H,9H2,1H3. The maximum Gasteiger partial charge on any atom is 0.0955 e. The fourth-order valence-corrected chi connectivity index (χ4v) is 2.15. The Balaban J connectivity index is 2.15. The summed E-state index contributed by atoms with van der Waals surface area (Å²) in [6.07, 6.45) is 1.82. The maximum atomic E-state index is 9.18. The lowest BCUT2D eigenvalue weighted by molar-refractivity contribution is 0.282. The minimum atomic E-state index is 0.0712. The predicted octanol–water partition coefficient (Wildman–Crippen LogP) is 2.73. The summed E-state index contributed by atoms with van der Waals surface area (Å²) in [6.45, 7) is 0.0712. The number of aromatic nitrogens is 2. The summed E-state index contributed by atoms with van der Waals surface area (Å²) in [7, 11) is 1.99. The lowest BCUT2D eigenvalue weighted by Crippen LogP contribution is -1.87. The van der Waals surface area contributed by atoms with E-state index in [4.69, 9.17) is 0 Å². The van der Waals surface area contributed by atoms with Crippen molar-refractivity contribution in [2.45, 2.75) is 6.61 Å². The summed E-state index contributed by atoms with van der Waals surface area (Å²) in [5, 5.41) is 9.18. The molecule has 1 aromatic heterocycles. The second-order valence-electron chi connectivity index (χ2n) is 4.42. The smallest absolute Gasteiger partial charge is 0.0955 e. The van der Waals surface area contributed by atoms with E-state index in [9.17, 15) is 5.11 Å². The molecule has 0 saturated carbocycles. The first-order chi connectivity index (χ1) is 8.78. The Morgan fingerprint density at radius 2 is 1.94 bits per heavy atom. The van der Waals surface area contributed by atoms with Crippen molar-refractivity contribution in [1.29, 1.82) is 0 Å². The largest absolute Gasteiger partial charge is 0.392 e. The monoisotopic (exact) mass is 238 g/mol. The molecule has 3 nitrogen and oxygen atoms in total. The highest BCUT2D eigenvalue weighted by atomic mass is 16.3. The number of aliphatic hydroxyl groups is 1. The van der Waals surface area contributed by atoms with Gasteiger partial charge in [-0.1, -0.05) is 24.3 Å². The zero-order valence-electron chi connectivity index (χ0n) is 10.2. The van der Waals surface area contributed by atoms with Gasteiger partial charge in [0.2, 0.25) is 0 Å². The van der Waals surface area contributed by atoms with Gasteiger partial charge in [0.15, 0.2) is 0 Å². The number of hydrogen-bond donors (Lipinski definition) is 1. The van der Waals surface area contributed by atoms with Crippen molar-refractivity contribution in [2.75, 3.05) is 0 Å². The van der Waals surface area contributed by atoms with Crippen LogP contribution in [-0.4, -0.2) is 14.7 Å². The molecule has 0 spiro atoms. The van der Waals surface area contributed by atoms with Gasteiger partial charge < -0.3 is 9.67 Å². The fraction of sp³-hybridized carbons (Fsp3) is 0.133. The lowest BCUT2D eigenvalue weighted by Gasteiger charge is -2.04.